The Morgan fingerprint density at radius 2 is 1.94 bits per heavy atom. The maximum Gasteiger partial charge on any atom is 0.231 e. The van der Waals surface area contributed by atoms with Crippen LogP contribution in [0.4, 0.5) is 5.69 Å². The highest BCUT2D eigenvalue weighted by molar-refractivity contribution is 5.94. The second kappa shape index (κ2) is 5.96. The van der Waals surface area contributed by atoms with Crippen LogP contribution >= 0.6 is 0 Å². The van der Waals surface area contributed by atoms with Crippen LogP contribution in [0.5, 0.6) is 0 Å². The number of amides is 1. The van der Waals surface area contributed by atoms with E-state index in [4.69, 9.17) is 5.73 Å². The fourth-order valence-electron chi connectivity index (χ4n) is 1.98. The van der Waals surface area contributed by atoms with E-state index in [9.17, 15) is 4.79 Å². The van der Waals surface area contributed by atoms with Gasteiger partial charge >= 0.3 is 0 Å². The molecule has 0 aromatic carbocycles. The van der Waals surface area contributed by atoms with Crippen molar-refractivity contribution in [3.63, 3.8) is 0 Å². The Morgan fingerprint density at radius 3 is 2.39 bits per heavy atom. The first-order chi connectivity index (χ1) is 8.35. The smallest absolute Gasteiger partial charge is 0.231 e. The molecule has 0 spiro atoms. The van der Waals surface area contributed by atoms with E-state index in [1.54, 1.807) is 24.3 Å². The summed E-state index contributed by atoms with van der Waals surface area (Å²) in [7, 11) is 1.78. The maximum absolute atomic E-state index is 12.4. The summed E-state index contributed by atoms with van der Waals surface area (Å²) in [5, 5.41) is 0. The second-order valence-corrected chi connectivity index (χ2v) is 5.80. The topological polar surface area (TPSA) is 59.2 Å². The zero-order chi connectivity index (χ0) is 13.8. The molecule has 100 valence electrons. The molecule has 0 bridgehead atoms. The third-order valence-corrected chi connectivity index (χ3v) is 2.87. The summed E-state index contributed by atoms with van der Waals surface area (Å²) in [4.78, 5) is 18.0. The van der Waals surface area contributed by atoms with Crippen LogP contribution in [-0.4, -0.2) is 24.5 Å². The van der Waals surface area contributed by atoms with Gasteiger partial charge in [-0.3, -0.25) is 9.78 Å². The number of hydrogen-bond acceptors (Lipinski definition) is 3. The van der Waals surface area contributed by atoms with Crippen molar-refractivity contribution < 1.29 is 4.79 Å². The van der Waals surface area contributed by atoms with Crippen molar-refractivity contribution in [2.45, 2.75) is 27.2 Å². The van der Waals surface area contributed by atoms with Crippen LogP contribution in [0.15, 0.2) is 24.5 Å². The van der Waals surface area contributed by atoms with E-state index in [2.05, 4.69) is 25.8 Å². The fourth-order valence-corrected chi connectivity index (χ4v) is 1.98. The zero-order valence-corrected chi connectivity index (χ0v) is 11.7. The van der Waals surface area contributed by atoms with Gasteiger partial charge in [0.2, 0.25) is 5.91 Å². The molecule has 1 atom stereocenters. The van der Waals surface area contributed by atoms with Gasteiger partial charge in [-0.05, 0) is 24.0 Å². The molecule has 1 aromatic heterocycles. The van der Waals surface area contributed by atoms with Crippen molar-refractivity contribution in [2.75, 3.05) is 18.5 Å². The number of rotatable bonds is 4. The molecule has 0 saturated heterocycles. The predicted molar refractivity (Wildman–Crippen MR) is 74.3 cm³/mol. The zero-order valence-electron chi connectivity index (χ0n) is 11.7. The van der Waals surface area contributed by atoms with Crippen molar-refractivity contribution >= 4 is 11.6 Å². The van der Waals surface area contributed by atoms with Crippen LogP contribution in [0.3, 0.4) is 0 Å². The lowest BCUT2D eigenvalue weighted by Crippen LogP contribution is -2.38. The van der Waals surface area contributed by atoms with Crippen molar-refractivity contribution in [1.82, 2.24) is 4.98 Å². The van der Waals surface area contributed by atoms with Crippen LogP contribution in [0.1, 0.15) is 27.2 Å². The molecule has 4 heteroatoms. The van der Waals surface area contributed by atoms with Crippen LogP contribution in [0.2, 0.25) is 0 Å². The summed E-state index contributed by atoms with van der Waals surface area (Å²) in [6, 6.07) is 3.64. The first-order valence-electron chi connectivity index (χ1n) is 6.23. The van der Waals surface area contributed by atoms with Gasteiger partial charge in [0, 0.05) is 31.7 Å². The Labute approximate surface area is 109 Å². The number of anilines is 1. The summed E-state index contributed by atoms with van der Waals surface area (Å²) in [6.07, 6.45) is 4.15. The van der Waals surface area contributed by atoms with E-state index in [1.165, 1.54) is 0 Å². The lowest BCUT2D eigenvalue weighted by molar-refractivity contribution is -0.122. The van der Waals surface area contributed by atoms with Crippen molar-refractivity contribution in [2.24, 2.45) is 17.1 Å². The number of nitrogens with zero attached hydrogens (tertiary/aromatic N) is 2. The number of carbonyl (C=O) groups excluding carboxylic acids is 1. The summed E-state index contributed by atoms with van der Waals surface area (Å²) < 4.78 is 0. The highest BCUT2D eigenvalue weighted by Crippen LogP contribution is 2.26. The first-order valence-corrected chi connectivity index (χ1v) is 6.23. The second-order valence-electron chi connectivity index (χ2n) is 5.80. The molecular weight excluding hydrogens is 226 g/mol. The van der Waals surface area contributed by atoms with Gasteiger partial charge in [0.25, 0.3) is 0 Å². The Kier molecular flexibility index (Phi) is 4.84. The molecule has 0 saturated carbocycles. The van der Waals surface area contributed by atoms with Gasteiger partial charge < -0.3 is 10.6 Å². The highest BCUT2D eigenvalue weighted by Gasteiger charge is 2.26. The van der Waals surface area contributed by atoms with Crippen molar-refractivity contribution in [3.8, 4) is 0 Å². The van der Waals surface area contributed by atoms with Crippen LogP contribution in [0.25, 0.3) is 0 Å². The Bertz CT molecular complexity index is 384. The number of carbonyl (C=O) groups is 1. The summed E-state index contributed by atoms with van der Waals surface area (Å²) in [6.45, 7) is 6.74. The third-order valence-electron chi connectivity index (χ3n) is 2.87. The molecule has 1 heterocycles. The molecule has 4 nitrogen and oxygen atoms in total. The molecule has 0 aliphatic rings. The largest absolute Gasteiger partial charge is 0.330 e. The minimum Gasteiger partial charge on any atom is -0.330 e. The fraction of sp³-hybridized carbons (Fsp3) is 0.571. The van der Waals surface area contributed by atoms with Crippen LogP contribution < -0.4 is 10.6 Å². The number of aromatic nitrogens is 1. The van der Waals surface area contributed by atoms with Crippen LogP contribution in [-0.2, 0) is 4.79 Å². The lowest BCUT2D eigenvalue weighted by Gasteiger charge is -2.28. The minimum atomic E-state index is -0.136. The molecule has 1 unspecified atom stereocenters. The monoisotopic (exact) mass is 249 g/mol. The molecule has 0 radical (unpaired) electrons. The van der Waals surface area contributed by atoms with Gasteiger partial charge in [0.05, 0.1) is 5.92 Å². The quantitative estimate of drug-likeness (QED) is 0.888. The SMILES string of the molecule is CN(C(=O)C(CN)CC(C)(C)C)c1ccncc1. The lowest BCUT2D eigenvalue weighted by atomic mass is 9.84. The van der Waals surface area contributed by atoms with Gasteiger partial charge in [0.1, 0.15) is 0 Å². The standard InChI is InChI=1S/C14H23N3O/c1-14(2,3)9-11(10-15)13(18)17(4)12-5-7-16-8-6-12/h5-8,11H,9-10,15H2,1-4H3. The molecule has 18 heavy (non-hydrogen) atoms. The van der Waals surface area contributed by atoms with Crippen LogP contribution in [0, 0.1) is 11.3 Å². The van der Waals surface area contributed by atoms with Crippen molar-refractivity contribution in [3.05, 3.63) is 24.5 Å². The number of nitrogens with two attached hydrogens (primary N) is 1. The van der Waals surface area contributed by atoms with Gasteiger partial charge in [-0.1, -0.05) is 20.8 Å². The Hall–Kier alpha value is -1.42. The maximum atomic E-state index is 12.4. The molecule has 1 aromatic rings. The molecule has 2 N–H and O–H groups in total. The molecular formula is C14H23N3O. The number of pyridine rings is 1. The third kappa shape index (κ3) is 4.11. The normalized spacial score (nSPS) is 13.2. The van der Waals surface area contributed by atoms with Gasteiger partial charge in [-0.2, -0.15) is 0 Å². The number of hydrogen-bond donors (Lipinski definition) is 1. The average molecular weight is 249 g/mol. The van der Waals surface area contributed by atoms with E-state index in [0.717, 1.165) is 12.1 Å². The first kappa shape index (κ1) is 14.6. The van der Waals surface area contributed by atoms with Gasteiger partial charge in [-0.15, -0.1) is 0 Å². The molecule has 0 fully saturated rings. The minimum absolute atomic E-state index is 0.0682. The average Bonchev–Trinajstić information content (AvgIpc) is 2.34. The summed E-state index contributed by atoms with van der Waals surface area (Å²) in [5.41, 5.74) is 6.68. The van der Waals surface area contributed by atoms with Crippen molar-refractivity contribution in [1.29, 1.82) is 0 Å². The summed E-state index contributed by atoms with van der Waals surface area (Å²) in [5.74, 6) is -0.0678. The van der Waals surface area contributed by atoms with Gasteiger partial charge in [0.15, 0.2) is 0 Å². The van der Waals surface area contributed by atoms with E-state index >= 15 is 0 Å². The molecule has 1 amide bonds. The Balaban J connectivity index is 2.79. The molecule has 0 aliphatic carbocycles. The molecule has 0 aliphatic heterocycles. The summed E-state index contributed by atoms with van der Waals surface area (Å²) >= 11 is 0. The van der Waals surface area contributed by atoms with E-state index in [0.29, 0.717) is 6.54 Å². The van der Waals surface area contributed by atoms with E-state index < -0.39 is 0 Å². The molecule has 1 rings (SSSR count). The van der Waals surface area contributed by atoms with E-state index in [1.807, 2.05) is 12.1 Å². The van der Waals surface area contributed by atoms with Gasteiger partial charge in [-0.25, -0.2) is 0 Å². The predicted octanol–water partition coefficient (Wildman–Crippen LogP) is 2.06. The highest BCUT2D eigenvalue weighted by atomic mass is 16.2. The Morgan fingerprint density at radius 1 is 1.39 bits per heavy atom. The van der Waals surface area contributed by atoms with E-state index in [-0.39, 0.29) is 17.2 Å².